The third kappa shape index (κ3) is 3.54. The molecule has 0 bridgehead atoms. The highest BCUT2D eigenvalue weighted by molar-refractivity contribution is 7.92. The molecule has 1 N–H and O–H groups in total. The van der Waals surface area contributed by atoms with Crippen LogP contribution in [0.5, 0.6) is 0 Å². The minimum absolute atomic E-state index is 0.333. The fourth-order valence-corrected chi connectivity index (χ4v) is 5.23. The molecule has 0 unspecified atom stereocenters. The van der Waals surface area contributed by atoms with Gasteiger partial charge in [0.05, 0.1) is 11.4 Å². The SMILES string of the molecule is O=S(=O)(Nc1ccccc1N1CCc2sccc2C1)c1cc(F)ccc1F. The topological polar surface area (TPSA) is 49.4 Å². The molecule has 0 aliphatic carbocycles. The lowest BCUT2D eigenvalue weighted by Crippen LogP contribution is -2.30. The van der Waals surface area contributed by atoms with Crippen LogP contribution in [-0.4, -0.2) is 15.0 Å². The lowest BCUT2D eigenvalue weighted by Gasteiger charge is -2.30. The van der Waals surface area contributed by atoms with Crippen LogP contribution < -0.4 is 9.62 Å². The molecule has 0 saturated carbocycles. The molecule has 3 aromatic rings. The molecule has 1 aliphatic heterocycles. The molecule has 0 amide bonds. The van der Waals surface area contributed by atoms with Crippen molar-refractivity contribution in [3.63, 3.8) is 0 Å². The Morgan fingerprint density at radius 2 is 1.89 bits per heavy atom. The van der Waals surface area contributed by atoms with Gasteiger partial charge in [-0.2, -0.15) is 0 Å². The quantitative estimate of drug-likeness (QED) is 0.699. The van der Waals surface area contributed by atoms with Gasteiger partial charge in [0.25, 0.3) is 10.0 Å². The Morgan fingerprint density at radius 3 is 2.74 bits per heavy atom. The molecule has 4 nitrogen and oxygen atoms in total. The number of halogens is 2. The summed E-state index contributed by atoms with van der Waals surface area (Å²) < 4.78 is 55.1. The van der Waals surface area contributed by atoms with E-state index < -0.39 is 26.6 Å². The van der Waals surface area contributed by atoms with Gasteiger partial charge in [0, 0.05) is 18.0 Å². The van der Waals surface area contributed by atoms with Crippen LogP contribution in [-0.2, 0) is 23.0 Å². The Kier molecular flexibility index (Phi) is 4.61. The normalized spacial score (nSPS) is 14.1. The maximum atomic E-state index is 14.0. The average Bonchev–Trinajstić information content (AvgIpc) is 3.11. The number of hydrogen-bond acceptors (Lipinski definition) is 4. The number of anilines is 2. The summed E-state index contributed by atoms with van der Waals surface area (Å²) in [7, 11) is -4.27. The molecule has 4 rings (SSSR count). The van der Waals surface area contributed by atoms with E-state index >= 15 is 0 Å². The summed E-state index contributed by atoms with van der Waals surface area (Å²) in [5, 5.41) is 2.05. The van der Waals surface area contributed by atoms with Gasteiger partial charge in [-0.25, -0.2) is 17.2 Å². The van der Waals surface area contributed by atoms with Crippen LogP contribution in [0, 0.1) is 11.6 Å². The summed E-state index contributed by atoms with van der Waals surface area (Å²) in [5.41, 5.74) is 2.26. The molecule has 8 heteroatoms. The highest BCUT2D eigenvalue weighted by Gasteiger charge is 2.24. The fraction of sp³-hybridized carbons (Fsp3) is 0.158. The first kappa shape index (κ1) is 17.9. The molecule has 0 saturated heterocycles. The molecule has 2 heterocycles. The van der Waals surface area contributed by atoms with E-state index in [2.05, 4.69) is 21.1 Å². The standard InChI is InChI=1S/C19H16F2N2O2S2/c20-14-5-6-15(21)19(11-14)27(24,25)22-16-3-1-2-4-17(16)23-9-7-18-13(12-23)8-10-26-18/h1-6,8,10-11,22H,7,9,12H2. The van der Waals surface area contributed by atoms with Gasteiger partial charge in [-0.05, 0) is 53.8 Å². The molecule has 0 fully saturated rings. The molecule has 0 atom stereocenters. The lowest BCUT2D eigenvalue weighted by atomic mass is 10.1. The monoisotopic (exact) mass is 406 g/mol. The molecule has 0 spiro atoms. The number of benzene rings is 2. The zero-order valence-corrected chi connectivity index (χ0v) is 15.8. The first-order valence-electron chi connectivity index (χ1n) is 8.31. The molecule has 27 heavy (non-hydrogen) atoms. The van der Waals surface area contributed by atoms with E-state index in [9.17, 15) is 17.2 Å². The highest BCUT2D eigenvalue weighted by Crippen LogP contribution is 2.33. The Hall–Kier alpha value is -2.45. The third-order valence-corrected chi connectivity index (χ3v) is 6.88. The van der Waals surface area contributed by atoms with Gasteiger partial charge in [0.15, 0.2) is 0 Å². The van der Waals surface area contributed by atoms with Crippen LogP contribution in [0.25, 0.3) is 0 Å². The van der Waals surface area contributed by atoms with Crippen LogP contribution >= 0.6 is 11.3 Å². The van der Waals surface area contributed by atoms with Crippen molar-refractivity contribution < 1.29 is 17.2 Å². The number of nitrogens with one attached hydrogen (secondary N) is 1. The summed E-state index contributed by atoms with van der Waals surface area (Å²) >= 11 is 1.72. The van der Waals surface area contributed by atoms with Gasteiger partial charge < -0.3 is 4.90 Å². The van der Waals surface area contributed by atoms with Gasteiger partial charge >= 0.3 is 0 Å². The molecular weight excluding hydrogens is 390 g/mol. The van der Waals surface area contributed by atoms with Gasteiger partial charge in [0.1, 0.15) is 16.5 Å². The van der Waals surface area contributed by atoms with Crippen LogP contribution in [0.2, 0.25) is 0 Å². The van der Waals surface area contributed by atoms with Crippen molar-refractivity contribution in [3.05, 3.63) is 76.0 Å². The number of nitrogens with zero attached hydrogens (tertiary/aromatic N) is 1. The van der Waals surface area contributed by atoms with Crippen LogP contribution in [0.15, 0.2) is 58.8 Å². The number of rotatable bonds is 4. The molecular formula is C19H16F2N2O2S2. The van der Waals surface area contributed by atoms with Gasteiger partial charge in [-0.15, -0.1) is 11.3 Å². The van der Waals surface area contributed by atoms with Crippen molar-refractivity contribution in [2.75, 3.05) is 16.2 Å². The van der Waals surface area contributed by atoms with E-state index in [1.807, 2.05) is 12.1 Å². The number of sulfonamides is 1. The minimum atomic E-state index is -4.27. The van der Waals surface area contributed by atoms with E-state index in [4.69, 9.17) is 0 Å². The number of thiophene rings is 1. The smallest absolute Gasteiger partial charge is 0.264 e. The van der Waals surface area contributed by atoms with Crippen molar-refractivity contribution in [1.29, 1.82) is 0 Å². The second-order valence-electron chi connectivity index (χ2n) is 6.24. The van der Waals surface area contributed by atoms with Crippen molar-refractivity contribution in [1.82, 2.24) is 0 Å². The Balaban J connectivity index is 1.67. The lowest BCUT2D eigenvalue weighted by molar-refractivity contribution is 0.555. The zero-order chi connectivity index (χ0) is 19.0. The van der Waals surface area contributed by atoms with Crippen molar-refractivity contribution in [3.8, 4) is 0 Å². The summed E-state index contributed by atoms with van der Waals surface area (Å²) in [6, 6.07) is 11.4. The molecule has 1 aromatic heterocycles. The summed E-state index contributed by atoms with van der Waals surface area (Å²) in [6.07, 6.45) is 0.882. The first-order valence-corrected chi connectivity index (χ1v) is 10.7. The predicted octanol–water partition coefficient (Wildman–Crippen LogP) is 4.39. The van der Waals surface area contributed by atoms with Crippen molar-refractivity contribution in [2.45, 2.75) is 17.9 Å². The Bertz CT molecular complexity index is 1100. The molecule has 140 valence electrons. The maximum absolute atomic E-state index is 14.0. The van der Waals surface area contributed by atoms with Gasteiger partial charge in [0.2, 0.25) is 0 Å². The Morgan fingerprint density at radius 1 is 1.07 bits per heavy atom. The van der Waals surface area contributed by atoms with E-state index in [1.165, 1.54) is 10.4 Å². The molecule has 1 aliphatic rings. The number of fused-ring (bicyclic) bond motifs is 1. The summed E-state index contributed by atoms with van der Waals surface area (Å²) in [6.45, 7) is 1.42. The van der Waals surface area contributed by atoms with Crippen LogP contribution in [0.3, 0.4) is 0 Å². The summed E-state index contributed by atoms with van der Waals surface area (Å²) in [4.78, 5) is 2.71. The minimum Gasteiger partial charge on any atom is -0.365 e. The second-order valence-corrected chi connectivity index (χ2v) is 8.89. The van der Waals surface area contributed by atoms with E-state index in [0.717, 1.165) is 25.1 Å². The Labute approximate surface area is 160 Å². The van der Waals surface area contributed by atoms with E-state index in [1.54, 1.807) is 23.5 Å². The van der Waals surface area contributed by atoms with Crippen molar-refractivity contribution in [2.24, 2.45) is 0 Å². The van der Waals surface area contributed by atoms with E-state index in [0.29, 0.717) is 24.0 Å². The highest BCUT2D eigenvalue weighted by atomic mass is 32.2. The largest absolute Gasteiger partial charge is 0.365 e. The number of hydrogen-bond donors (Lipinski definition) is 1. The second kappa shape index (κ2) is 6.94. The molecule has 2 aromatic carbocycles. The van der Waals surface area contributed by atoms with Crippen LogP contribution in [0.4, 0.5) is 20.2 Å². The van der Waals surface area contributed by atoms with E-state index in [-0.39, 0.29) is 0 Å². The zero-order valence-electron chi connectivity index (χ0n) is 14.2. The van der Waals surface area contributed by atoms with Crippen LogP contribution in [0.1, 0.15) is 10.4 Å². The summed E-state index contributed by atoms with van der Waals surface area (Å²) in [5.74, 6) is -1.81. The number of para-hydroxylation sites is 2. The fourth-order valence-electron chi connectivity index (χ4n) is 3.17. The predicted molar refractivity (Wildman–Crippen MR) is 103 cm³/mol. The van der Waals surface area contributed by atoms with Gasteiger partial charge in [-0.3, -0.25) is 4.72 Å². The van der Waals surface area contributed by atoms with Gasteiger partial charge in [-0.1, -0.05) is 12.1 Å². The average molecular weight is 406 g/mol. The van der Waals surface area contributed by atoms with Crippen molar-refractivity contribution >= 4 is 32.7 Å². The maximum Gasteiger partial charge on any atom is 0.264 e. The third-order valence-electron chi connectivity index (χ3n) is 4.48. The molecule has 0 radical (unpaired) electrons. The first-order chi connectivity index (χ1) is 12.9.